The van der Waals surface area contributed by atoms with E-state index in [1.54, 1.807) is 11.3 Å². The van der Waals surface area contributed by atoms with Gasteiger partial charge in [0.1, 0.15) is 0 Å². The quantitative estimate of drug-likeness (QED) is 0.670. The average Bonchev–Trinajstić information content (AvgIpc) is 2.92. The number of thiophene rings is 1. The standard InChI is InChI=1S/C19H19BrN2OS/c1-22(2)15(12-21-19(23)13-8-4-3-5-9-13)18-17(20)14-10-6-7-11-16(14)24-18/h3-11,15H,12H2,1-2H3,(H,21,23). The molecule has 3 aromatic rings. The number of hydrogen-bond acceptors (Lipinski definition) is 3. The third kappa shape index (κ3) is 3.53. The van der Waals surface area contributed by atoms with Gasteiger partial charge in [-0.15, -0.1) is 11.3 Å². The van der Waals surface area contributed by atoms with E-state index in [0.29, 0.717) is 12.1 Å². The Hall–Kier alpha value is -1.69. The number of carbonyl (C=O) groups excluding carboxylic acids is 1. The first-order valence-corrected chi connectivity index (χ1v) is 9.35. The Morgan fingerprint density at radius 1 is 1.12 bits per heavy atom. The average molecular weight is 403 g/mol. The van der Waals surface area contributed by atoms with Gasteiger partial charge in [0.15, 0.2) is 0 Å². The van der Waals surface area contributed by atoms with E-state index in [1.807, 2.05) is 50.5 Å². The summed E-state index contributed by atoms with van der Waals surface area (Å²) in [6.07, 6.45) is 0. The fraction of sp³-hybridized carbons (Fsp3) is 0.211. The molecule has 0 fully saturated rings. The first kappa shape index (κ1) is 17.1. The van der Waals surface area contributed by atoms with Crippen molar-refractivity contribution in [1.29, 1.82) is 0 Å². The van der Waals surface area contributed by atoms with Crippen LogP contribution in [0.2, 0.25) is 0 Å². The van der Waals surface area contributed by atoms with Gasteiger partial charge in [0.05, 0.1) is 6.04 Å². The lowest BCUT2D eigenvalue weighted by molar-refractivity contribution is 0.0942. The van der Waals surface area contributed by atoms with E-state index in [0.717, 1.165) is 4.47 Å². The molecule has 0 aliphatic heterocycles. The Labute approximate surface area is 154 Å². The molecule has 1 heterocycles. The molecule has 1 N–H and O–H groups in total. The minimum absolute atomic E-state index is 0.0420. The van der Waals surface area contributed by atoms with Gasteiger partial charge >= 0.3 is 0 Å². The Morgan fingerprint density at radius 2 is 1.79 bits per heavy atom. The molecule has 0 aliphatic rings. The molecule has 1 aromatic heterocycles. The summed E-state index contributed by atoms with van der Waals surface area (Å²) in [4.78, 5) is 15.7. The van der Waals surface area contributed by atoms with Crippen LogP contribution in [0.1, 0.15) is 21.3 Å². The van der Waals surface area contributed by atoms with E-state index >= 15 is 0 Å². The van der Waals surface area contributed by atoms with Gasteiger partial charge in [-0.05, 0) is 48.2 Å². The lowest BCUT2D eigenvalue weighted by Gasteiger charge is -2.24. The number of rotatable bonds is 5. The van der Waals surface area contributed by atoms with Crippen molar-refractivity contribution in [2.75, 3.05) is 20.6 Å². The van der Waals surface area contributed by atoms with Crippen LogP contribution in [0.4, 0.5) is 0 Å². The van der Waals surface area contributed by atoms with E-state index in [9.17, 15) is 4.79 Å². The van der Waals surface area contributed by atoms with Crippen LogP contribution in [0.15, 0.2) is 59.1 Å². The van der Waals surface area contributed by atoms with Crippen LogP contribution < -0.4 is 5.32 Å². The van der Waals surface area contributed by atoms with E-state index < -0.39 is 0 Å². The summed E-state index contributed by atoms with van der Waals surface area (Å²) >= 11 is 5.51. The highest BCUT2D eigenvalue weighted by atomic mass is 79.9. The van der Waals surface area contributed by atoms with Crippen LogP contribution in [-0.4, -0.2) is 31.4 Å². The van der Waals surface area contributed by atoms with Crippen LogP contribution in [0, 0.1) is 0 Å². The smallest absolute Gasteiger partial charge is 0.251 e. The zero-order chi connectivity index (χ0) is 17.1. The first-order valence-electron chi connectivity index (χ1n) is 7.74. The van der Waals surface area contributed by atoms with Gasteiger partial charge in [-0.2, -0.15) is 0 Å². The second-order valence-electron chi connectivity index (χ2n) is 5.83. The monoisotopic (exact) mass is 402 g/mol. The fourth-order valence-corrected chi connectivity index (χ4v) is 4.92. The number of nitrogens with zero attached hydrogens (tertiary/aromatic N) is 1. The van der Waals surface area contributed by atoms with Crippen molar-refractivity contribution >= 4 is 43.3 Å². The lowest BCUT2D eigenvalue weighted by Crippen LogP contribution is -2.34. The molecule has 0 bridgehead atoms. The second kappa shape index (κ2) is 7.47. The van der Waals surface area contributed by atoms with Crippen LogP contribution >= 0.6 is 27.3 Å². The van der Waals surface area contributed by atoms with E-state index in [4.69, 9.17) is 0 Å². The van der Waals surface area contributed by atoms with Crippen molar-refractivity contribution in [3.05, 3.63) is 69.5 Å². The molecule has 0 spiro atoms. The zero-order valence-corrected chi connectivity index (χ0v) is 16.0. The van der Waals surface area contributed by atoms with E-state index in [1.165, 1.54) is 15.0 Å². The zero-order valence-electron chi connectivity index (χ0n) is 13.6. The second-order valence-corrected chi connectivity index (χ2v) is 7.71. The topological polar surface area (TPSA) is 32.3 Å². The Balaban J connectivity index is 1.82. The number of halogens is 1. The third-order valence-corrected chi connectivity index (χ3v) is 6.37. The van der Waals surface area contributed by atoms with E-state index in [-0.39, 0.29) is 11.9 Å². The summed E-state index contributed by atoms with van der Waals surface area (Å²) < 4.78 is 2.37. The Kier molecular flexibility index (Phi) is 5.33. The molecule has 1 amide bonds. The molecule has 2 aromatic carbocycles. The van der Waals surface area contributed by atoms with Gasteiger partial charge in [0.25, 0.3) is 5.91 Å². The summed E-state index contributed by atoms with van der Waals surface area (Å²) in [6.45, 7) is 0.562. The number of fused-ring (bicyclic) bond motifs is 1. The number of likely N-dealkylation sites (N-methyl/N-ethyl adjacent to an activating group) is 1. The van der Waals surface area contributed by atoms with Gasteiger partial charge in [-0.25, -0.2) is 0 Å². The first-order chi connectivity index (χ1) is 11.6. The van der Waals surface area contributed by atoms with Crippen molar-refractivity contribution in [2.24, 2.45) is 0 Å². The maximum atomic E-state index is 12.3. The molecule has 1 atom stereocenters. The summed E-state index contributed by atoms with van der Waals surface area (Å²) in [5.41, 5.74) is 0.686. The molecule has 124 valence electrons. The van der Waals surface area contributed by atoms with Gasteiger partial charge in [-0.1, -0.05) is 36.4 Å². The molecule has 0 radical (unpaired) electrons. The highest BCUT2D eigenvalue weighted by Crippen LogP contribution is 2.40. The SMILES string of the molecule is CN(C)C(CNC(=O)c1ccccc1)c1sc2ccccc2c1Br. The molecule has 1 unspecified atom stereocenters. The predicted octanol–water partition coefficient (Wildman–Crippen LogP) is 4.70. The molecule has 0 aliphatic carbocycles. The summed E-state index contributed by atoms with van der Waals surface area (Å²) in [7, 11) is 4.08. The minimum atomic E-state index is -0.0420. The molecular weight excluding hydrogens is 384 g/mol. The normalized spacial score (nSPS) is 12.5. The Morgan fingerprint density at radius 3 is 2.46 bits per heavy atom. The van der Waals surface area contributed by atoms with Crippen molar-refractivity contribution in [3.63, 3.8) is 0 Å². The largest absolute Gasteiger partial charge is 0.350 e. The van der Waals surface area contributed by atoms with Gasteiger partial charge in [-0.3, -0.25) is 4.79 Å². The highest BCUT2D eigenvalue weighted by Gasteiger charge is 2.22. The van der Waals surface area contributed by atoms with Gasteiger partial charge in [0.2, 0.25) is 0 Å². The summed E-state index contributed by atoms with van der Waals surface area (Å²) in [5.74, 6) is -0.0420. The molecule has 24 heavy (non-hydrogen) atoms. The molecular formula is C19H19BrN2OS. The predicted molar refractivity (Wildman–Crippen MR) is 105 cm³/mol. The minimum Gasteiger partial charge on any atom is -0.350 e. The van der Waals surface area contributed by atoms with Crippen molar-refractivity contribution in [1.82, 2.24) is 10.2 Å². The molecule has 0 saturated carbocycles. The number of benzene rings is 2. The molecule has 3 rings (SSSR count). The number of hydrogen-bond donors (Lipinski definition) is 1. The number of nitrogens with one attached hydrogen (secondary N) is 1. The molecule has 0 saturated heterocycles. The van der Waals surface area contributed by atoms with Crippen LogP contribution in [-0.2, 0) is 0 Å². The van der Waals surface area contributed by atoms with Crippen LogP contribution in [0.3, 0.4) is 0 Å². The van der Waals surface area contributed by atoms with Gasteiger partial charge in [0, 0.05) is 31.5 Å². The van der Waals surface area contributed by atoms with Crippen LogP contribution in [0.5, 0.6) is 0 Å². The summed E-state index contributed by atoms with van der Waals surface area (Å²) in [6, 6.07) is 17.8. The highest BCUT2D eigenvalue weighted by molar-refractivity contribution is 9.10. The third-order valence-electron chi connectivity index (χ3n) is 3.98. The van der Waals surface area contributed by atoms with Crippen LogP contribution in [0.25, 0.3) is 10.1 Å². The fourth-order valence-electron chi connectivity index (χ4n) is 2.64. The number of carbonyl (C=O) groups is 1. The summed E-state index contributed by atoms with van der Waals surface area (Å²) in [5, 5.41) is 4.28. The number of amides is 1. The van der Waals surface area contributed by atoms with Crippen molar-refractivity contribution in [3.8, 4) is 0 Å². The van der Waals surface area contributed by atoms with Gasteiger partial charge < -0.3 is 10.2 Å². The van der Waals surface area contributed by atoms with Crippen molar-refractivity contribution in [2.45, 2.75) is 6.04 Å². The molecule has 3 nitrogen and oxygen atoms in total. The maximum absolute atomic E-state index is 12.3. The molecule has 5 heteroatoms. The lowest BCUT2D eigenvalue weighted by atomic mass is 10.1. The van der Waals surface area contributed by atoms with Crippen molar-refractivity contribution < 1.29 is 4.79 Å². The Bertz CT molecular complexity index is 845. The maximum Gasteiger partial charge on any atom is 0.251 e. The van der Waals surface area contributed by atoms with E-state index in [2.05, 4.69) is 44.3 Å².